The fourth-order valence-electron chi connectivity index (χ4n) is 2.80. The molecule has 1 aromatic carbocycles. The molecule has 2 amide bonds. The summed E-state index contributed by atoms with van der Waals surface area (Å²) in [5.41, 5.74) is 6.90. The zero-order valence-electron chi connectivity index (χ0n) is 13.3. The molecule has 0 atom stereocenters. The SMILES string of the molecule is Cc1cccc(C)c1OCC(=O)NNC(=O)C1CCCCC1. The van der Waals surface area contributed by atoms with Crippen molar-refractivity contribution in [1.82, 2.24) is 10.9 Å². The average Bonchev–Trinajstić information content (AvgIpc) is 2.53. The van der Waals surface area contributed by atoms with Crippen molar-refractivity contribution in [1.29, 1.82) is 0 Å². The van der Waals surface area contributed by atoms with Gasteiger partial charge in [-0.15, -0.1) is 0 Å². The van der Waals surface area contributed by atoms with Gasteiger partial charge in [0, 0.05) is 5.92 Å². The number of benzene rings is 1. The molecule has 5 nitrogen and oxygen atoms in total. The predicted octanol–water partition coefficient (Wildman–Crippen LogP) is 2.41. The summed E-state index contributed by atoms with van der Waals surface area (Å²) in [5.74, 6) is 0.289. The molecule has 22 heavy (non-hydrogen) atoms. The third kappa shape index (κ3) is 4.48. The summed E-state index contributed by atoms with van der Waals surface area (Å²) >= 11 is 0. The topological polar surface area (TPSA) is 67.4 Å². The van der Waals surface area contributed by atoms with E-state index in [-0.39, 0.29) is 24.3 Å². The summed E-state index contributed by atoms with van der Waals surface area (Å²) in [6, 6.07) is 5.82. The number of carbonyl (C=O) groups excluding carboxylic acids is 2. The lowest BCUT2D eigenvalue weighted by atomic mass is 9.89. The molecule has 1 aliphatic rings. The molecule has 1 fully saturated rings. The Labute approximate surface area is 131 Å². The smallest absolute Gasteiger partial charge is 0.276 e. The van der Waals surface area contributed by atoms with E-state index in [9.17, 15) is 9.59 Å². The molecule has 2 N–H and O–H groups in total. The number of carbonyl (C=O) groups is 2. The number of para-hydroxylation sites is 1. The van der Waals surface area contributed by atoms with Gasteiger partial charge in [0.15, 0.2) is 6.61 Å². The summed E-state index contributed by atoms with van der Waals surface area (Å²) < 4.78 is 5.54. The molecule has 120 valence electrons. The monoisotopic (exact) mass is 304 g/mol. The Kier molecular flexibility index (Phi) is 5.81. The molecule has 0 heterocycles. The molecule has 0 bridgehead atoms. The van der Waals surface area contributed by atoms with Crippen molar-refractivity contribution in [2.45, 2.75) is 46.0 Å². The normalized spacial score (nSPS) is 15.2. The second kappa shape index (κ2) is 7.82. The zero-order valence-corrected chi connectivity index (χ0v) is 13.3. The van der Waals surface area contributed by atoms with Crippen molar-refractivity contribution in [2.24, 2.45) is 5.92 Å². The molecule has 2 rings (SSSR count). The standard InChI is InChI=1S/C17H24N2O3/c1-12-7-6-8-13(2)16(12)22-11-15(20)18-19-17(21)14-9-4-3-5-10-14/h6-8,14H,3-5,9-11H2,1-2H3,(H,18,20)(H,19,21). The van der Waals surface area contributed by atoms with Crippen LogP contribution in [0.1, 0.15) is 43.2 Å². The van der Waals surface area contributed by atoms with Gasteiger partial charge in [-0.2, -0.15) is 0 Å². The number of hydrazine groups is 1. The molecule has 0 aliphatic heterocycles. The number of nitrogens with one attached hydrogen (secondary N) is 2. The highest BCUT2D eigenvalue weighted by Crippen LogP contribution is 2.23. The van der Waals surface area contributed by atoms with E-state index >= 15 is 0 Å². The maximum atomic E-state index is 11.9. The van der Waals surface area contributed by atoms with Crippen LogP contribution in [0, 0.1) is 19.8 Å². The summed E-state index contributed by atoms with van der Waals surface area (Å²) in [4.78, 5) is 23.7. The van der Waals surface area contributed by atoms with E-state index in [0.29, 0.717) is 0 Å². The minimum Gasteiger partial charge on any atom is -0.483 e. The van der Waals surface area contributed by atoms with E-state index in [4.69, 9.17) is 4.74 Å². The zero-order chi connectivity index (χ0) is 15.9. The molecule has 1 aliphatic carbocycles. The number of hydrogen-bond acceptors (Lipinski definition) is 3. The number of ether oxygens (including phenoxy) is 1. The van der Waals surface area contributed by atoms with Gasteiger partial charge in [0.2, 0.25) is 5.91 Å². The van der Waals surface area contributed by atoms with Gasteiger partial charge in [0.1, 0.15) is 5.75 Å². The third-order valence-electron chi connectivity index (χ3n) is 4.06. The number of rotatable bonds is 4. The average molecular weight is 304 g/mol. The van der Waals surface area contributed by atoms with Gasteiger partial charge in [-0.1, -0.05) is 37.5 Å². The second-order valence-corrected chi connectivity index (χ2v) is 5.88. The molecule has 1 aromatic rings. The van der Waals surface area contributed by atoms with Crippen molar-refractivity contribution in [2.75, 3.05) is 6.61 Å². The van der Waals surface area contributed by atoms with E-state index in [1.807, 2.05) is 32.0 Å². The van der Waals surface area contributed by atoms with Crippen molar-refractivity contribution >= 4 is 11.8 Å². The third-order valence-corrected chi connectivity index (χ3v) is 4.06. The molecular weight excluding hydrogens is 280 g/mol. The highest BCUT2D eigenvalue weighted by atomic mass is 16.5. The number of hydrogen-bond donors (Lipinski definition) is 2. The minimum absolute atomic E-state index is 0.0218. The van der Waals surface area contributed by atoms with Gasteiger partial charge in [-0.05, 0) is 37.8 Å². The van der Waals surface area contributed by atoms with Crippen LogP contribution >= 0.6 is 0 Å². The van der Waals surface area contributed by atoms with E-state index in [2.05, 4.69) is 10.9 Å². The Morgan fingerprint density at radius 3 is 2.36 bits per heavy atom. The minimum atomic E-state index is -0.355. The van der Waals surface area contributed by atoms with Crippen LogP contribution in [0.25, 0.3) is 0 Å². The highest BCUT2D eigenvalue weighted by Gasteiger charge is 2.21. The van der Waals surface area contributed by atoms with Gasteiger partial charge < -0.3 is 4.74 Å². The van der Waals surface area contributed by atoms with Crippen molar-refractivity contribution in [3.8, 4) is 5.75 Å². The molecule has 1 saturated carbocycles. The molecule has 0 aromatic heterocycles. The maximum absolute atomic E-state index is 11.9. The molecule has 0 saturated heterocycles. The summed E-state index contributed by atoms with van der Waals surface area (Å²) in [7, 11) is 0. The Balaban J connectivity index is 1.75. The molecule has 0 radical (unpaired) electrons. The Morgan fingerprint density at radius 1 is 1.09 bits per heavy atom. The van der Waals surface area contributed by atoms with Crippen LogP contribution in [0.2, 0.25) is 0 Å². The Morgan fingerprint density at radius 2 is 1.73 bits per heavy atom. The van der Waals surface area contributed by atoms with Crippen LogP contribution in [0.15, 0.2) is 18.2 Å². The van der Waals surface area contributed by atoms with Crippen LogP contribution in [-0.4, -0.2) is 18.4 Å². The fraction of sp³-hybridized carbons (Fsp3) is 0.529. The molecule has 0 unspecified atom stereocenters. The van der Waals surface area contributed by atoms with Crippen molar-refractivity contribution in [3.63, 3.8) is 0 Å². The molecule has 5 heteroatoms. The van der Waals surface area contributed by atoms with Gasteiger partial charge in [0.05, 0.1) is 0 Å². The highest BCUT2D eigenvalue weighted by molar-refractivity contribution is 5.84. The van der Waals surface area contributed by atoms with Crippen molar-refractivity contribution < 1.29 is 14.3 Å². The molecular formula is C17H24N2O3. The maximum Gasteiger partial charge on any atom is 0.276 e. The first kappa shape index (κ1) is 16.3. The lowest BCUT2D eigenvalue weighted by Gasteiger charge is -2.20. The van der Waals surface area contributed by atoms with Crippen LogP contribution in [-0.2, 0) is 9.59 Å². The van der Waals surface area contributed by atoms with Crippen molar-refractivity contribution in [3.05, 3.63) is 29.3 Å². The van der Waals surface area contributed by atoms with E-state index < -0.39 is 0 Å². The van der Waals surface area contributed by atoms with Gasteiger partial charge in [-0.25, -0.2) is 0 Å². The summed E-state index contributed by atoms with van der Waals surface area (Å²) in [6.45, 7) is 3.76. The van der Waals surface area contributed by atoms with Gasteiger partial charge in [-0.3, -0.25) is 20.4 Å². The van der Waals surface area contributed by atoms with Gasteiger partial charge in [0.25, 0.3) is 5.91 Å². The first-order chi connectivity index (χ1) is 10.6. The van der Waals surface area contributed by atoms with Gasteiger partial charge >= 0.3 is 0 Å². The predicted molar refractivity (Wildman–Crippen MR) is 84.3 cm³/mol. The summed E-state index contributed by atoms with van der Waals surface area (Å²) in [5, 5.41) is 0. The van der Waals surface area contributed by atoms with E-state index in [1.165, 1.54) is 6.42 Å². The number of amides is 2. The van der Waals surface area contributed by atoms with Crippen LogP contribution in [0.4, 0.5) is 0 Å². The van der Waals surface area contributed by atoms with Crippen LogP contribution in [0.5, 0.6) is 5.75 Å². The lowest BCUT2D eigenvalue weighted by molar-refractivity contribution is -0.132. The first-order valence-electron chi connectivity index (χ1n) is 7.85. The fourth-order valence-corrected chi connectivity index (χ4v) is 2.80. The van der Waals surface area contributed by atoms with E-state index in [0.717, 1.165) is 42.6 Å². The largest absolute Gasteiger partial charge is 0.483 e. The van der Waals surface area contributed by atoms with Crippen LogP contribution < -0.4 is 15.6 Å². The second-order valence-electron chi connectivity index (χ2n) is 5.88. The first-order valence-corrected chi connectivity index (χ1v) is 7.85. The number of aryl methyl sites for hydroxylation is 2. The Hall–Kier alpha value is -2.04. The molecule has 0 spiro atoms. The lowest BCUT2D eigenvalue weighted by Crippen LogP contribution is -2.46. The van der Waals surface area contributed by atoms with Crippen LogP contribution in [0.3, 0.4) is 0 Å². The summed E-state index contributed by atoms with van der Waals surface area (Å²) in [6.07, 6.45) is 5.17. The van der Waals surface area contributed by atoms with E-state index in [1.54, 1.807) is 0 Å². The quantitative estimate of drug-likeness (QED) is 0.839. The Bertz CT molecular complexity index is 516.